The Morgan fingerprint density at radius 2 is 1.95 bits per heavy atom. The summed E-state index contributed by atoms with van der Waals surface area (Å²) < 4.78 is 20.0. The van der Waals surface area contributed by atoms with Crippen LogP contribution in [0.4, 0.5) is 4.39 Å². The predicted molar refractivity (Wildman–Crippen MR) is 89.3 cm³/mol. The van der Waals surface area contributed by atoms with Crippen molar-refractivity contribution >= 4 is 23.2 Å². The second kappa shape index (κ2) is 7.25. The van der Waals surface area contributed by atoms with Gasteiger partial charge in [0, 0.05) is 36.9 Å². The number of hydrogen-bond acceptors (Lipinski definition) is 3. The van der Waals surface area contributed by atoms with Gasteiger partial charge in [0.1, 0.15) is 6.10 Å². The number of nitrogens with zero attached hydrogens (tertiary/aromatic N) is 2. The standard InChI is InChI=1S/C17H21FN2O.ClH/c1-12(2)20-7-4-15(5-8-20)21-17-10-13-3-6-19-11-14(13)9-16(17)18;/h3,6,9-12,15H,4-5,7-8H2,1-2H3;1H. The molecule has 0 saturated carbocycles. The van der Waals surface area contributed by atoms with Crippen molar-refractivity contribution in [1.29, 1.82) is 0 Å². The fourth-order valence-corrected chi connectivity index (χ4v) is 2.87. The summed E-state index contributed by atoms with van der Waals surface area (Å²) in [5.74, 6) is 0.0542. The quantitative estimate of drug-likeness (QED) is 0.851. The van der Waals surface area contributed by atoms with Crippen LogP contribution in [0.5, 0.6) is 5.75 Å². The monoisotopic (exact) mass is 324 g/mol. The van der Waals surface area contributed by atoms with Crippen molar-refractivity contribution in [2.75, 3.05) is 13.1 Å². The Kier molecular flexibility index (Phi) is 5.59. The Balaban J connectivity index is 0.00000176. The molecular formula is C17H22ClFN2O. The average Bonchev–Trinajstić information content (AvgIpc) is 2.48. The molecule has 1 aliphatic heterocycles. The van der Waals surface area contributed by atoms with Gasteiger partial charge in [-0.05, 0) is 50.3 Å². The third-order valence-electron chi connectivity index (χ3n) is 4.19. The zero-order valence-corrected chi connectivity index (χ0v) is 13.8. The van der Waals surface area contributed by atoms with Crippen LogP contribution < -0.4 is 4.74 Å². The van der Waals surface area contributed by atoms with Crippen LogP contribution in [0.1, 0.15) is 26.7 Å². The summed E-state index contributed by atoms with van der Waals surface area (Å²) in [6.07, 6.45) is 5.39. The highest BCUT2D eigenvalue weighted by Crippen LogP contribution is 2.27. The van der Waals surface area contributed by atoms with Gasteiger partial charge in [0.2, 0.25) is 0 Å². The molecule has 2 aromatic rings. The number of fused-ring (bicyclic) bond motifs is 1. The van der Waals surface area contributed by atoms with E-state index in [-0.39, 0.29) is 24.3 Å². The number of pyridine rings is 1. The van der Waals surface area contributed by atoms with Crippen LogP contribution in [-0.4, -0.2) is 35.1 Å². The normalized spacial score (nSPS) is 16.7. The van der Waals surface area contributed by atoms with Crippen LogP contribution in [0.2, 0.25) is 0 Å². The SMILES string of the molecule is CC(C)N1CCC(Oc2cc3ccncc3cc2F)CC1.Cl. The summed E-state index contributed by atoms with van der Waals surface area (Å²) >= 11 is 0. The van der Waals surface area contributed by atoms with Crippen molar-refractivity contribution in [2.45, 2.75) is 38.8 Å². The smallest absolute Gasteiger partial charge is 0.165 e. The summed E-state index contributed by atoms with van der Waals surface area (Å²) in [5, 5.41) is 1.76. The van der Waals surface area contributed by atoms with E-state index < -0.39 is 0 Å². The lowest BCUT2D eigenvalue weighted by Crippen LogP contribution is -2.41. The van der Waals surface area contributed by atoms with Gasteiger partial charge in [0.15, 0.2) is 11.6 Å². The third kappa shape index (κ3) is 3.68. The van der Waals surface area contributed by atoms with Crippen LogP contribution >= 0.6 is 12.4 Å². The lowest BCUT2D eigenvalue weighted by atomic mass is 10.1. The Bertz CT molecular complexity index is 627. The van der Waals surface area contributed by atoms with Gasteiger partial charge in [-0.2, -0.15) is 0 Å². The molecule has 120 valence electrons. The minimum atomic E-state index is -0.304. The molecule has 2 heterocycles. The van der Waals surface area contributed by atoms with Gasteiger partial charge in [-0.1, -0.05) is 0 Å². The molecule has 3 rings (SSSR count). The highest BCUT2D eigenvalue weighted by Gasteiger charge is 2.23. The molecule has 22 heavy (non-hydrogen) atoms. The highest BCUT2D eigenvalue weighted by atomic mass is 35.5. The second-order valence-electron chi connectivity index (χ2n) is 5.95. The molecule has 1 aliphatic rings. The van der Waals surface area contributed by atoms with E-state index in [1.165, 1.54) is 6.07 Å². The molecule has 1 aromatic carbocycles. The summed E-state index contributed by atoms with van der Waals surface area (Å²) in [5.41, 5.74) is 0. The fourth-order valence-electron chi connectivity index (χ4n) is 2.87. The number of benzene rings is 1. The molecule has 1 aromatic heterocycles. The summed E-state index contributed by atoms with van der Waals surface area (Å²) in [7, 11) is 0. The van der Waals surface area contributed by atoms with Gasteiger partial charge in [-0.3, -0.25) is 4.98 Å². The van der Waals surface area contributed by atoms with Crippen molar-refractivity contribution in [3.05, 3.63) is 36.4 Å². The molecular weight excluding hydrogens is 303 g/mol. The average molecular weight is 325 g/mol. The molecule has 1 saturated heterocycles. The van der Waals surface area contributed by atoms with E-state index in [1.807, 2.05) is 6.07 Å². The van der Waals surface area contributed by atoms with E-state index in [0.29, 0.717) is 11.8 Å². The number of aromatic nitrogens is 1. The first kappa shape index (κ1) is 17.0. The summed E-state index contributed by atoms with van der Waals surface area (Å²) in [6, 6.07) is 5.72. The van der Waals surface area contributed by atoms with E-state index in [4.69, 9.17) is 4.74 Å². The first-order valence-electron chi connectivity index (χ1n) is 7.57. The Morgan fingerprint density at radius 3 is 2.64 bits per heavy atom. The van der Waals surface area contributed by atoms with Crippen LogP contribution in [-0.2, 0) is 0 Å². The number of hydrogen-bond donors (Lipinski definition) is 0. The lowest BCUT2D eigenvalue weighted by molar-refractivity contribution is 0.0817. The number of rotatable bonds is 3. The van der Waals surface area contributed by atoms with Gasteiger partial charge >= 0.3 is 0 Å². The molecule has 0 unspecified atom stereocenters. The Morgan fingerprint density at radius 1 is 1.23 bits per heavy atom. The minimum Gasteiger partial charge on any atom is -0.487 e. The maximum absolute atomic E-state index is 14.1. The van der Waals surface area contributed by atoms with Crippen LogP contribution in [0.15, 0.2) is 30.6 Å². The van der Waals surface area contributed by atoms with Gasteiger partial charge in [-0.15, -0.1) is 12.4 Å². The molecule has 5 heteroatoms. The largest absolute Gasteiger partial charge is 0.487 e. The Labute approximate surface area is 136 Å². The van der Waals surface area contributed by atoms with Crippen molar-refractivity contribution in [1.82, 2.24) is 9.88 Å². The van der Waals surface area contributed by atoms with E-state index in [1.54, 1.807) is 18.5 Å². The first-order valence-corrected chi connectivity index (χ1v) is 7.57. The van der Waals surface area contributed by atoms with Crippen molar-refractivity contribution in [2.24, 2.45) is 0 Å². The molecule has 0 aliphatic carbocycles. The van der Waals surface area contributed by atoms with E-state index in [2.05, 4.69) is 23.7 Å². The number of halogens is 2. The fraction of sp³-hybridized carbons (Fsp3) is 0.471. The van der Waals surface area contributed by atoms with Crippen molar-refractivity contribution < 1.29 is 9.13 Å². The van der Waals surface area contributed by atoms with Crippen LogP contribution in [0.3, 0.4) is 0 Å². The van der Waals surface area contributed by atoms with Crippen LogP contribution in [0, 0.1) is 5.82 Å². The maximum atomic E-state index is 14.1. The first-order chi connectivity index (χ1) is 10.1. The summed E-state index contributed by atoms with van der Waals surface area (Å²) in [6.45, 7) is 6.44. The van der Waals surface area contributed by atoms with Crippen molar-refractivity contribution in [3.63, 3.8) is 0 Å². The molecule has 0 spiro atoms. The molecule has 0 radical (unpaired) electrons. The van der Waals surface area contributed by atoms with Gasteiger partial charge in [0.05, 0.1) is 0 Å². The predicted octanol–water partition coefficient (Wildman–Crippen LogP) is 4.05. The van der Waals surface area contributed by atoms with E-state index in [9.17, 15) is 4.39 Å². The lowest BCUT2D eigenvalue weighted by Gasteiger charge is -2.34. The maximum Gasteiger partial charge on any atom is 0.165 e. The van der Waals surface area contributed by atoms with Gasteiger partial charge in [-0.25, -0.2) is 4.39 Å². The molecule has 0 amide bonds. The number of ether oxygens (including phenoxy) is 1. The zero-order valence-electron chi connectivity index (χ0n) is 13.0. The van der Waals surface area contributed by atoms with Gasteiger partial charge in [0.25, 0.3) is 0 Å². The molecule has 3 nitrogen and oxygen atoms in total. The van der Waals surface area contributed by atoms with E-state index in [0.717, 1.165) is 36.7 Å². The van der Waals surface area contributed by atoms with Crippen LogP contribution in [0.25, 0.3) is 10.8 Å². The zero-order chi connectivity index (χ0) is 14.8. The summed E-state index contributed by atoms with van der Waals surface area (Å²) in [4.78, 5) is 6.44. The Hall–Kier alpha value is -1.39. The molecule has 1 fully saturated rings. The highest BCUT2D eigenvalue weighted by molar-refractivity contribution is 5.85. The number of likely N-dealkylation sites (tertiary alicyclic amines) is 1. The molecule has 0 atom stereocenters. The second-order valence-corrected chi connectivity index (χ2v) is 5.95. The minimum absolute atomic E-state index is 0. The number of piperidine rings is 1. The van der Waals surface area contributed by atoms with E-state index >= 15 is 0 Å². The van der Waals surface area contributed by atoms with Gasteiger partial charge < -0.3 is 9.64 Å². The van der Waals surface area contributed by atoms with Crippen molar-refractivity contribution in [3.8, 4) is 5.75 Å². The molecule has 0 bridgehead atoms. The topological polar surface area (TPSA) is 25.4 Å². The third-order valence-corrected chi connectivity index (χ3v) is 4.19. The molecule has 0 N–H and O–H groups in total.